The molecule has 7 heteroatoms. The number of aromatic nitrogens is 2. The monoisotopic (exact) mass is 370 g/mol. The van der Waals surface area contributed by atoms with Crippen LogP contribution in [0.1, 0.15) is 48.0 Å². The number of benzene rings is 1. The predicted octanol–water partition coefficient (Wildman–Crippen LogP) is 5.36. The van der Waals surface area contributed by atoms with E-state index in [1.165, 1.54) is 19.3 Å². The van der Waals surface area contributed by atoms with Gasteiger partial charge in [-0.15, -0.1) is 0 Å². The number of Topliss-reactive ketones (excluding diaryl/α,β-unsaturated/α-hetero) is 1. The highest BCUT2D eigenvalue weighted by Crippen LogP contribution is 2.31. The van der Waals surface area contributed by atoms with Crippen molar-refractivity contribution in [2.24, 2.45) is 5.92 Å². The molecule has 1 aliphatic rings. The molecule has 0 atom stereocenters. The smallest absolute Gasteiger partial charge is 0.294 e. The van der Waals surface area contributed by atoms with Gasteiger partial charge in [-0.2, -0.15) is 18.3 Å². The second-order valence-corrected chi connectivity index (χ2v) is 7.80. The quantitative estimate of drug-likeness (QED) is 0.486. The van der Waals surface area contributed by atoms with Crippen molar-refractivity contribution in [3.05, 3.63) is 29.5 Å². The van der Waals surface area contributed by atoms with E-state index in [0.717, 1.165) is 23.0 Å². The Kier molecular flexibility index (Phi) is 5.41. The zero-order chi connectivity index (χ0) is 18.0. The Morgan fingerprint density at radius 1 is 1.36 bits per heavy atom. The number of alkyl halides is 3. The number of thioether (sulfide) groups is 1. The molecule has 0 saturated heterocycles. The minimum Gasteiger partial charge on any atom is -0.294 e. The fraction of sp³-hybridized carbons (Fsp3) is 0.556. The molecule has 25 heavy (non-hydrogen) atoms. The summed E-state index contributed by atoms with van der Waals surface area (Å²) in [5.74, 6) is 0.506. The zero-order valence-electron chi connectivity index (χ0n) is 14.1. The first-order chi connectivity index (χ1) is 11.8. The van der Waals surface area contributed by atoms with Crippen LogP contribution in [-0.2, 0) is 6.54 Å². The van der Waals surface area contributed by atoms with Crippen LogP contribution >= 0.6 is 11.8 Å². The number of hydrogen-bond donors (Lipinski definition) is 0. The second kappa shape index (κ2) is 7.40. The molecule has 3 rings (SSSR count). The summed E-state index contributed by atoms with van der Waals surface area (Å²) in [4.78, 5) is 12.4. The molecule has 0 amide bonds. The fourth-order valence-electron chi connectivity index (χ4n) is 3.17. The molecule has 0 spiro atoms. The van der Waals surface area contributed by atoms with Crippen molar-refractivity contribution < 1.29 is 18.0 Å². The molecule has 1 aliphatic carbocycles. The minimum absolute atomic E-state index is 0.0715. The van der Waals surface area contributed by atoms with Gasteiger partial charge in [0.1, 0.15) is 0 Å². The molecule has 1 aromatic heterocycles. The van der Waals surface area contributed by atoms with E-state index in [2.05, 4.69) is 5.10 Å². The van der Waals surface area contributed by atoms with Gasteiger partial charge in [-0.1, -0.05) is 18.2 Å². The highest BCUT2D eigenvalue weighted by molar-refractivity contribution is 8.00. The van der Waals surface area contributed by atoms with Crippen molar-refractivity contribution in [2.45, 2.75) is 51.1 Å². The van der Waals surface area contributed by atoms with E-state index in [0.29, 0.717) is 11.5 Å². The highest BCUT2D eigenvalue weighted by Gasteiger charge is 2.27. The SMILES string of the molecule is Cc1c(C(=O)CCCSC(F)(F)F)ccc2nn(CC3CCC3)cc12. The maximum atomic E-state index is 12.4. The van der Waals surface area contributed by atoms with Crippen LogP contribution in [0.15, 0.2) is 18.3 Å². The summed E-state index contributed by atoms with van der Waals surface area (Å²) in [7, 11) is 0. The van der Waals surface area contributed by atoms with E-state index in [1.807, 2.05) is 23.9 Å². The maximum Gasteiger partial charge on any atom is 0.441 e. The molecule has 2 aromatic rings. The summed E-state index contributed by atoms with van der Waals surface area (Å²) in [6.45, 7) is 2.79. The molecule has 1 heterocycles. The Hall–Kier alpha value is -1.50. The first-order valence-corrected chi connectivity index (χ1v) is 9.53. The highest BCUT2D eigenvalue weighted by atomic mass is 32.2. The topological polar surface area (TPSA) is 34.9 Å². The van der Waals surface area contributed by atoms with Gasteiger partial charge in [0.15, 0.2) is 5.78 Å². The molecule has 3 nitrogen and oxygen atoms in total. The van der Waals surface area contributed by atoms with Crippen molar-refractivity contribution in [1.82, 2.24) is 9.78 Å². The Labute approximate surface area is 149 Å². The molecular formula is C18H21F3N2OS. The van der Waals surface area contributed by atoms with Gasteiger partial charge in [0.25, 0.3) is 0 Å². The Balaban J connectivity index is 1.66. The molecule has 0 unspecified atom stereocenters. The van der Waals surface area contributed by atoms with Gasteiger partial charge in [0, 0.05) is 35.9 Å². The molecule has 1 aromatic carbocycles. The third kappa shape index (κ3) is 4.57. The van der Waals surface area contributed by atoms with Crippen LogP contribution < -0.4 is 0 Å². The molecule has 1 fully saturated rings. The number of carbonyl (C=O) groups is 1. The minimum atomic E-state index is -4.23. The van der Waals surface area contributed by atoms with Gasteiger partial charge in [-0.05, 0) is 49.8 Å². The molecular weight excluding hydrogens is 349 g/mol. The van der Waals surface area contributed by atoms with Crippen molar-refractivity contribution in [2.75, 3.05) is 5.75 Å². The Morgan fingerprint density at radius 3 is 2.76 bits per heavy atom. The van der Waals surface area contributed by atoms with Crippen molar-refractivity contribution in [1.29, 1.82) is 0 Å². The van der Waals surface area contributed by atoms with Crippen molar-refractivity contribution >= 4 is 28.4 Å². The van der Waals surface area contributed by atoms with Crippen LogP contribution in [0.2, 0.25) is 0 Å². The van der Waals surface area contributed by atoms with Gasteiger partial charge in [-0.25, -0.2) is 0 Å². The van der Waals surface area contributed by atoms with Gasteiger partial charge < -0.3 is 0 Å². The van der Waals surface area contributed by atoms with Crippen LogP contribution in [0.25, 0.3) is 10.9 Å². The second-order valence-electron chi connectivity index (χ2n) is 6.64. The molecule has 0 aliphatic heterocycles. The molecule has 0 N–H and O–H groups in total. The van der Waals surface area contributed by atoms with E-state index in [9.17, 15) is 18.0 Å². The largest absolute Gasteiger partial charge is 0.441 e. The van der Waals surface area contributed by atoms with Gasteiger partial charge >= 0.3 is 5.51 Å². The van der Waals surface area contributed by atoms with Crippen LogP contribution in [0.4, 0.5) is 13.2 Å². The van der Waals surface area contributed by atoms with Crippen LogP contribution in [0, 0.1) is 12.8 Å². The van der Waals surface area contributed by atoms with E-state index in [1.54, 1.807) is 6.07 Å². The average molecular weight is 370 g/mol. The lowest BCUT2D eigenvalue weighted by atomic mass is 9.85. The lowest BCUT2D eigenvalue weighted by Crippen LogP contribution is -2.18. The third-order valence-electron chi connectivity index (χ3n) is 4.79. The summed E-state index contributed by atoms with van der Waals surface area (Å²) >= 11 is -0.0715. The Bertz CT molecular complexity index is 766. The number of aryl methyl sites for hydroxylation is 1. The Morgan fingerprint density at radius 2 is 2.12 bits per heavy atom. The van der Waals surface area contributed by atoms with Crippen molar-refractivity contribution in [3.8, 4) is 0 Å². The molecule has 136 valence electrons. The normalized spacial score (nSPS) is 15.5. The lowest BCUT2D eigenvalue weighted by Gasteiger charge is -2.24. The summed E-state index contributed by atoms with van der Waals surface area (Å²) in [5, 5.41) is 5.53. The zero-order valence-corrected chi connectivity index (χ0v) is 14.9. The number of carbonyl (C=O) groups excluding carboxylic acids is 1. The van der Waals surface area contributed by atoms with Crippen LogP contribution in [0.5, 0.6) is 0 Å². The van der Waals surface area contributed by atoms with Gasteiger partial charge in [-0.3, -0.25) is 9.48 Å². The first kappa shape index (κ1) is 18.3. The summed E-state index contributed by atoms with van der Waals surface area (Å²) in [6.07, 6.45) is 6.12. The molecule has 1 saturated carbocycles. The fourth-order valence-corrected chi connectivity index (χ4v) is 3.69. The van der Waals surface area contributed by atoms with Crippen molar-refractivity contribution in [3.63, 3.8) is 0 Å². The van der Waals surface area contributed by atoms with Gasteiger partial charge in [0.05, 0.1) is 5.52 Å². The van der Waals surface area contributed by atoms with E-state index in [-0.39, 0.29) is 36.1 Å². The number of hydrogen-bond acceptors (Lipinski definition) is 3. The maximum absolute atomic E-state index is 12.4. The summed E-state index contributed by atoms with van der Waals surface area (Å²) in [6, 6.07) is 3.58. The lowest BCUT2D eigenvalue weighted by molar-refractivity contribution is -0.0328. The van der Waals surface area contributed by atoms with Gasteiger partial charge in [0.2, 0.25) is 0 Å². The first-order valence-electron chi connectivity index (χ1n) is 8.54. The molecule has 0 bridgehead atoms. The van der Waals surface area contributed by atoms with E-state index >= 15 is 0 Å². The summed E-state index contributed by atoms with van der Waals surface area (Å²) in [5.41, 5.74) is -1.91. The van der Waals surface area contributed by atoms with E-state index < -0.39 is 5.51 Å². The van der Waals surface area contributed by atoms with Crippen LogP contribution in [-0.4, -0.2) is 26.8 Å². The number of fused-ring (bicyclic) bond motifs is 1. The number of ketones is 1. The number of rotatable bonds is 7. The third-order valence-corrected chi connectivity index (χ3v) is 5.61. The van der Waals surface area contributed by atoms with E-state index in [4.69, 9.17) is 0 Å². The summed E-state index contributed by atoms with van der Waals surface area (Å²) < 4.78 is 38.4. The predicted molar refractivity (Wildman–Crippen MR) is 93.9 cm³/mol. The standard InChI is InChI=1S/C18H21F3N2OS/c1-12-14(17(24)6-3-9-25-18(19,20)21)7-8-16-15(12)11-23(22-16)10-13-4-2-5-13/h7-8,11,13H,2-6,9-10H2,1H3. The van der Waals surface area contributed by atoms with Crippen LogP contribution in [0.3, 0.4) is 0 Å². The molecule has 0 radical (unpaired) electrons. The number of halogens is 3. The average Bonchev–Trinajstić information content (AvgIpc) is 2.90. The number of nitrogens with zero attached hydrogens (tertiary/aromatic N) is 2.